The molecule has 6 heteroatoms. The second kappa shape index (κ2) is 9.55. The number of methoxy groups -OCH3 is 1. The topological polar surface area (TPSA) is 45.5 Å². The Morgan fingerprint density at radius 2 is 1.70 bits per heavy atom. The van der Waals surface area contributed by atoms with Gasteiger partial charge in [-0.15, -0.1) is 0 Å². The van der Waals surface area contributed by atoms with Crippen LogP contribution in [-0.4, -0.2) is 23.3 Å². The van der Waals surface area contributed by atoms with Gasteiger partial charge in [0.15, 0.2) is 0 Å². The van der Waals surface area contributed by atoms with Gasteiger partial charge in [0.2, 0.25) is 0 Å². The highest BCUT2D eigenvalue weighted by atomic mass is 35.5. The third kappa shape index (κ3) is 4.69. The fourth-order valence-electron chi connectivity index (χ4n) is 3.29. The summed E-state index contributed by atoms with van der Waals surface area (Å²) in [5, 5.41) is 0.590. The lowest BCUT2D eigenvalue weighted by molar-refractivity contribution is 0.280. The Morgan fingerprint density at radius 1 is 0.900 bits per heavy atom. The van der Waals surface area contributed by atoms with Crippen LogP contribution in [0.1, 0.15) is 12.2 Å². The summed E-state index contributed by atoms with van der Waals surface area (Å²) in [4.78, 5) is 4.75. The smallest absolute Gasteiger partial charge is 0.148 e. The number of para-hydroxylation sites is 3. The van der Waals surface area contributed by atoms with Crippen LogP contribution in [0.4, 0.5) is 0 Å². The number of aromatic nitrogens is 2. The van der Waals surface area contributed by atoms with Crippen molar-refractivity contribution in [3.63, 3.8) is 0 Å². The molecular formula is C24H23ClN2O3. The highest BCUT2D eigenvalue weighted by Gasteiger charge is 2.12. The van der Waals surface area contributed by atoms with Gasteiger partial charge in [0.25, 0.3) is 0 Å². The zero-order valence-electron chi connectivity index (χ0n) is 16.8. The zero-order valence-corrected chi connectivity index (χ0v) is 17.5. The van der Waals surface area contributed by atoms with E-state index in [0.29, 0.717) is 24.0 Å². The van der Waals surface area contributed by atoms with Gasteiger partial charge in [0.1, 0.15) is 29.7 Å². The van der Waals surface area contributed by atoms with Gasteiger partial charge in [0, 0.05) is 12.6 Å². The van der Waals surface area contributed by atoms with Gasteiger partial charge < -0.3 is 18.8 Å². The summed E-state index contributed by atoms with van der Waals surface area (Å²) in [6.45, 7) is 1.70. The number of fused-ring (bicyclic) bond motifs is 1. The summed E-state index contributed by atoms with van der Waals surface area (Å²) in [5.41, 5.74) is 2.03. The number of ether oxygens (including phenoxy) is 3. The molecule has 30 heavy (non-hydrogen) atoms. The Bertz CT molecular complexity index is 1130. The largest absolute Gasteiger partial charge is 0.497 e. The van der Waals surface area contributed by atoms with Gasteiger partial charge in [-0.05, 0) is 42.8 Å². The Labute approximate surface area is 180 Å². The van der Waals surface area contributed by atoms with Gasteiger partial charge >= 0.3 is 0 Å². The SMILES string of the molecule is COc1cccc(OCCCn2c(COc3ccccc3Cl)nc3ccccc32)c1. The number of halogens is 1. The molecule has 1 aromatic heterocycles. The first-order valence-electron chi connectivity index (χ1n) is 9.83. The maximum absolute atomic E-state index is 6.21. The zero-order chi connectivity index (χ0) is 20.8. The Balaban J connectivity index is 1.44. The Kier molecular flexibility index (Phi) is 6.40. The van der Waals surface area contributed by atoms with Crippen LogP contribution in [0.2, 0.25) is 5.02 Å². The second-order valence-corrected chi connectivity index (χ2v) is 7.18. The molecule has 1 heterocycles. The number of nitrogens with zero attached hydrogens (tertiary/aromatic N) is 2. The maximum Gasteiger partial charge on any atom is 0.148 e. The first-order valence-corrected chi connectivity index (χ1v) is 10.2. The average molecular weight is 423 g/mol. The van der Waals surface area contributed by atoms with Gasteiger partial charge in [-0.25, -0.2) is 4.98 Å². The monoisotopic (exact) mass is 422 g/mol. The lowest BCUT2D eigenvalue weighted by atomic mass is 10.3. The van der Waals surface area contributed by atoms with E-state index in [1.54, 1.807) is 7.11 Å². The number of benzene rings is 3. The molecule has 0 unspecified atom stereocenters. The van der Waals surface area contributed by atoms with Crippen LogP contribution in [0, 0.1) is 0 Å². The fourth-order valence-corrected chi connectivity index (χ4v) is 3.48. The quantitative estimate of drug-likeness (QED) is 0.322. The molecule has 0 atom stereocenters. The molecular weight excluding hydrogens is 400 g/mol. The Hall–Kier alpha value is -3.18. The number of hydrogen-bond donors (Lipinski definition) is 0. The predicted molar refractivity (Wildman–Crippen MR) is 119 cm³/mol. The molecule has 154 valence electrons. The second-order valence-electron chi connectivity index (χ2n) is 6.77. The maximum atomic E-state index is 6.21. The van der Waals surface area contributed by atoms with E-state index in [1.165, 1.54) is 0 Å². The van der Waals surface area contributed by atoms with Crippen molar-refractivity contribution in [2.75, 3.05) is 13.7 Å². The Morgan fingerprint density at radius 3 is 2.57 bits per heavy atom. The highest BCUT2D eigenvalue weighted by Crippen LogP contribution is 2.25. The average Bonchev–Trinajstić information content (AvgIpc) is 3.14. The molecule has 0 aliphatic carbocycles. The van der Waals surface area contributed by atoms with Crippen molar-refractivity contribution < 1.29 is 14.2 Å². The van der Waals surface area contributed by atoms with E-state index in [0.717, 1.165) is 41.3 Å². The van der Waals surface area contributed by atoms with Crippen LogP contribution >= 0.6 is 11.6 Å². The lowest BCUT2D eigenvalue weighted by Crippen LogP contribution is -2.10. The summed E-state index contributed by atoms with van der Waals surface area (Å²) in [7, 11) is 1.65. The first-order chi connectivity index (χ1) is 14.7. The van der Waals surface area contributed by atoms with Crippen LogP contribution in [0.25, 0.3) is 11.0 Å². The molecule has 0 amide bonds. The van der Waals surface area contributed by atoms with Crippen LogP contribution in [0.3, 0.4) is 0 Å². The van der Waals surface area contributed by atoms with Crippen molar-refractivity contribution >= 4 is 22.6 Å². The predicted octanol–water partition coefficient (Wildman–Crippen LogP) is 5.75. The molecule has 0 N–H and O–H groups in total. The lowest BCUT2D eigenvalue weighted by Gasteiger charge is -2.12. The molecule has 0 saturated heterocycles. The van der Waals surface area contributed by atoms with Crippen molar-refractivity contribution in [2.24, 2.45) is 0 Å². The van der Waals surface area contributed by atoms with Crippen LogP contribution < -0.4 is 14.2 Å². The number of rotatable bonds is 9. The van der Waals surface area contributed by atoms with Gasteiger partial charge in [-0.3, -0.25) is 0 Å². The molecule has 0 aliphatic rings. The number of aryl methyl sites for hydroxylation is 1. The molecule has 4 rings (SSSR count). The third-order valence-electron chi connectivity index (χ3n) is 4.76. The molecule has 5 nitrogen and oxygen atoms in total. The van der Waals surface area contributed by atoms with E-state index >= 15 is 0 Å². The van der Waals surface area contributed by atoms with Crippen molar-refractivity contribution in [3.05, 3.63) is 83.6 Å². The third-order valence-corrected chi connectivity index (χ3v) is 5.08. The van der Waals surface area contributed by atoms with Crippen molar-refractivity contribution in [3.8, 4) is 17.2 Å². The van der Waals surface area contributed by atoms with E-state index in [2.05, 4.69) is 10.6 Å². The highest BCUT2D eigenvalue weighted by molar-refractivity contribution is 6.32. The van der Waals surface area contributed by atoms with Gasteiger partial charge in [0.05, 0.1) is 29.8 Å². The van der Waals surface area contributed by atoms with Gasteiger partial charge in [-0.1, -0.05) is 41.9 Å². The first kappa shape index (κ1) is 20.1. The van der Waals surface area contributed by atoms with Crippen molar-refractivity contribution in [2.45, 2.75) is 19.6 Å². The minimum Gasteiger partial charge on any atom is -0.497 e. The molecule has 0 saturated carbocycles. The van der Waals surface area contributed by atoms with Crippen LogP contribution in [0.5, 0.6) is 17.2 Å². The van der Waals surface area contributed by atoms with E-state index in [1.807, 2.05) is 66.7 Å². The molecule has 0 radical (unpaired) electrons. The standard InChI is InChI=1S/C24H23ClN2O3/c1-28-18-8-6-9-19(16-18)29-15-7-14-27-22-12-4-3-11-21(22)26-24(27)17-30-23-13-5-2-10-20(23)25/h2-6,8-13,16H,7,14-15,17H2,1H3. The van der Waals surface area contributed by atoms with Gasteiger partial charge in [-0.2, -0.15) is 0 Å². The summed E-state index contributed by atoms with van der Waals surface area (Å²) < 4.78 is 19.2. The normalized spacial score (nSPS) is 10.9. The number of hydrogen-bond acceptors (Lipinski definition) is 4. The van der Waals surface area contributed by atoms with Crippen LogP contribution in [-0.2, 0) is 13.2 Å². The fraction of sp³-hybridized carbons (Fsp3) is 0.208. The summed E-state index contributed by atoms with van der Waals surface area (Å²) in [6, 6.07) is 23.2. The summed E-state index contributed by atoms with van der Waals surface area (Å²) in [6.07, 6.45) is 0.830. The molecule has 0 aliphatic heterocycles. The van der Waals surface area contributed by atoms with Crippen molar-refractivity contribution in [1.82, 2.24) is 9.55 Å². The van der Waals surface area contributed by atoms with Crippen LogP contribution in [0.15, 0.2) is 72.8 Å². The minimum absolute atomic E-state index is 0.342. The van der Waals surface area contributed by atoms with E-state index in [4.69, 9.17) is 30.8 Å². The summed E-state index contributed by atoms with van der Waals surface area (Å²) >= 11 is 6.21. The molecule has 3 aromatic carbocycles. The summed E-state index contributed by atoms with van der Waals surface area (Å²) in [5.74, 6) is 3.09. The molecule has 0 bridgehead atoms. The molecule has 0 fully saturated rings. The number of imidazole rings is 1. The van der Waals surface area contributed by atoms with E-state index in [-0.39, 0.29) is 0 Å². The molecule has 0 spiro atoms. The molecule has 4 aromatic rings. The minimum atomic E-state index is 0.342. The van der Waals surface area contributed by atoms with Crippen molar-refractivity contribution in [1.29, 1.82) is 0 Å². The van der Waals surface area contributed by atoms with E-state index in [9.17, 15) is 0 Å². The van der Waals surface area contributed by atoms with E-state index < -0.39 is 0 Å².